The summed E-state index contributed by atoms with van der Waals surface area (Å²) in [7, 11) is 0. The molecule has 6 heteroatoms. The largest absolute Gasteiger partial charge is 0.478 e. The number of fused-ring (bicyclic) bond motifs is 1. The van der Waals surface area contributed by atoms with Crippen LogP contribution < -0.4 is 10.2 Å². The number of amides is 2. The second-order valence-corrected chi connectivity index (χ2v) is 5.46. The molecule has 0 bridgehead atoms. The Hall–Kier alpha value is -2.37. The molecule has 1 heterocycles. The molecule has 21 heavy (non-hydrogen) atoms. The number of nitrogens with zero attached hydrogens (tertiary/aromatic N) is 1. The van der Waals surface area contributed by atoms with E-state index in [1.807, 2.05) is 0 Å². The molecule has 0 unspecified atom stereocenters. The predicted octanol–water partition coefficient (Wildman–Crippen LogP) is 0.943. The smallest absolute Gasteiger partial charge is 0.335 e. The number of aromatic carboxylic acids is 1. The lowest BCUT2D eigenvalue weighted by Crippen LogP contribution is -2.33. The molecule has 6 nitrogen and oxygen atoms in total. The van der Waals surface area contributed by atoms with Gasteiger partial charge in [-0.3, -0.25) is 9.59 Å². The molecule has 1 aromatic rings. The number of benzene rings is 1. The number of carboxylic acid groups (broad SMARTS) is 1. The van der Waals surface area contributed by atoms with Crippen molar-refractivity contribution >= 4 is 23.5 Å². The summed E-state index contributed by atoms with van der Waals surface area (Å²) >= 11 is 0. The van der Waals surface area contributed by atoms with Crippen LogP contribution in [0.5, 0.6) is 0 Å². The highest BCUT2D eigenvalue weighted by Crippen LogP contribution is 2.30. The molecule has 110 valence electrons. The van der Waals surface area contributed by atoms with Crippen LogP contribution in [0.15, 0.2) is 18.2 Å². The maximum atomic E-state index is 12.0. The molecular formula is C15H16N2O4. The summed E-state index contributed by atoms with van der Waals surface area (Å²) in [6, 6.07) is 4.97. The van der Waals surface area contributed by atoms with E-state index in [4.69, 9.17) is 5.11 Å². The van der Waals surface area contributed by atoms with Crippen LogP contribution in [0.25, 0.3) is 0 Å². The Kier molecular flexibility index (Phi) is 3.37. The lowest BCUT2D eigenvalue weighted by Gasteiger charge is -2.17. The van der Waals surface area contributed by atoms with Gasteiger partial charge in [-0.2, -0.15) is 0 Å². The molecule has 1 fully saturated rings. The zero-order valence-electron chi connectivity index (χ0n) is 11.5. The minimum atomic E-state index is -1.01. The Labute approximate surface area is 121 Å². The number of nitrogens with one attached hydrogen (secondary N) is 1. The van der Waals surface area contributed by atoms with Crippen molar-refractivity contribution in [3.8, 4) is 0 Å². The Morgan fingerprint density at radius 1 is 1.33 bits per heavy atom. The third kappa shape index (κ3) is 2.89. The van der Waals surface area contributed by atoms with Gasteiger partial charge in [-0.15, -0.1) is 0 Å². The molecular weight excluding hydrogens is 272 g/mol. The molecule has 0 atom stereocenters. The van der Waals surface area contributed by atoms with Gasteiger partial charge in [0.15, 0.2) is 0 Å². The van der Waals surface area contributed by atoms with Crippen LogP contribution >= 0.6 is 0 Å². The summed E-state index contributed by atoms with van der Waals surface area (Å²) in [5.74, 6) is -1.14. The van der Waals surface area contributed by atoms with Gasteiger partial charge in [0.25, 0.3) is 0 Å². The molecule has 1 saturated carbocycles. The van der Waals surface area contributed by atoms with E-state index in [2.05, 4.69) is 5.32 Å². The Balaban J connectivity index is 1.68. The second kappa shape index (κ2) is 5.20. The van der Waals surface area contributed by atoms with Gasteiger partial charge in [0.2, 0.25) is 11.8 Å². The van der Waals surface area contributed by atoms with Gasteiger partial charge >= 0.3 is 5.97 Å². The molecule has 2 N–H and O–H groups in total. The van der Waals surface area contributed by atoms with Gasteiger partial charge in [-0.25, -0.2) is 4.79 Å². The standard InChI is InChI=1S/C15H16N2O4/c18-13(16-11-2-3-11)5-6-17-12-4-1-9(15(20)21)7-10(12)8-14(17)19/h1,4,7,11H,2-3,5-6,8H2,(H,16,18)(H,20,21). The number of hydrogen-bond acceptors (Lipinski definition) is 3. The first-order valence-electron chi connectivity index (χ1n) is 7.00. The fraction of sp³-hybridized carbons (Fsp3) is 0.400. The summed E-state index contributed by atoms with van der Waals surface area (Å²) in [6.07, 6.45) is 2.54. The highest BCUT2D eigenvalue weighted by molar-refractivity contribution is 6.03. The fourth-order valence-electron chi connectivity index (χ4n) is 2.50. The summed E-state index contributed by atoms with van der Waals surface area (Å²) in [5, 5.41) is 11.8. The van der Waals surface area contributed by atoms with E-state index in [1.54, 1.807) is 11.0 Å². The maximum absolute atomic E-state index is 12.0. The van der Waals surface area contributed by atoms with Crippen molar-refractivity contribution in [2.75, 3.05) is 11.4 Å². The van der Waals surface area contributed by atoms with Crippen molar-refractivity contribution in [2.45, 2.75) is 31.7 Å². The van der Waals surface area contributed by atoms with Crippen LogP contribution in [-0.4, -0.2) is 35.5 Å². The average molecular weight is 288 g/mol. The zero-order valence-corrected chi connectivity index (χ0v) is 11.5. The summed E-state index contributed by atoms with van der Waals surface area (Å²) < 4.78 is 0. The van der Waals surface area contributed by atoms with Crippen molar-refractivity contribution in [1.82, 2.24) is 5.32 Å². The molecule has 0 spiro atoms. The lowest BCUT2D eigenvalue weighted by molar-refractivity contribution is -0.121. The number of carbonyl (C=O) groups excluding carboxylic acids is 2. The number of rotatable bonds is 5. The first-order chi connectivity index (χ1) is 10.0. The van der Waals surface area contributed by atoms with E-state index < -0.39 is 5.97 Å². The van der Waals surface area contributed by atoms with Crippen LogP contribution in [0, 0.1) is 0 Å². The molecule has 3 rings (SSSR count). The quantitative estimate of drug-likeness (QED) is 0.844. The highest BCUT2D eigenvalue weighted by Gasteiger charge is 2.29. The number of anilines is 1. The number of carboxylic acids is 1. The normalized spacial score (nSPS) is 16.8. The molecule has 1 aromatic carbocycles. The Bertz CT molecular complexity index is 622. The van der Waals surface area contributed by atoms with Crippen molar-refractivity contribution < 1.29 is 19.5 Å². The van der Waals surface area contributed by atoms with E-state index in [-0.39, 0.29) is 30.2 Å². The zero-order chi connectivity index (χ0) is 15.0. The average Bonchev–Trinajstić information content (AvgIpc) is 3.18. The Morgan fingerprint density at radius 2 is 2.10 bits per heavy atom. The molecule has 0 radical (unpaired) electrons. The first kappa shape index (κ1) is 13.6. The first-order valence-corrected chi connectivity index (χ1v) is 7.00. The predicted molar refractivity (Wildman–Crippen MR) is 75.2 cm³/mol. The van der Waals surface area contributed by atoms with E-state index in [9.17, 15) is 14.4 Å². The van der Waals surface area contributed by atoms with Crippen molar-refractivity contribution in [3.05, 3.63) is 29.3 Å². The van der Waals surface area contributed by atoms with Gasteiger partial charge in [0.05, 0.1) is 12.0 Å². The topological polar surface area (TPSA) is 86.7 Å². The van der Waals surface area contributed by atoms with Gasteiger partial charge < -0.3 is 15.3 Å². The fourth-order valence-corrected chi connectivity index (χ4v) is 2.50. The Morgan fingerprint density at radius 3 is 2.76 bits per heavy atom. The van der Waals surface area contributed by atoms with Crippen LogP contribution in [0.4, 0.5) is 5.69 Å². The van der Waals surface area contributed by atoms with Crippen LogP contribution in [0.1, 0.15) is 35.2 Å². The van der Waals surface area contributed by atoms with Gasteiger partial charge in [0.1, 0.15) is 0 Å². The minimum Gasteiger partial charge on any atom is -0.478 e. The molecule has 0 aromatic heterocycles. The van der Waals surface area contributed by atoms with Crippen molar-refractivity contribution in [1.29, 1.82) is 0 Å². The van der Waals surface area contributed by atoms with E-state index in [0.29, 0.717) is 23.8 Å². The molecule has 1 aliphatic carbocycles. The van der Waals surface area contributed by atoms with Crippen molar-refractivity contribution in [3.63, 3.8) is 0 Å². The summed E-state index contributed by atoms with van der Waals surface area (Å²) in [6.45, 7) is 0.330. The van der Waals surface area contributed by atoms with Gasteiger partial charge in [-0.05, 0) is 36.6 Å². The molecule has 0 saturated heterocycles. The van der Waals surface area contributed by atoms with Crippen LogP contribution in [0.3, 0.4) is 0 Å². The van der Waals surface area contributed by atoms with E-state index in [0.717, 1.165) is 12.8 Å². The van der Waals surface area contributed by atoms with Gasteiger partial charge in [-0.1, -0.05) is 0 Å². The summed E-state index contributed by atoms with van der Waals surface area (Å²) in [4.78, 5) is 36.2. The van der Waals surface area contributed by atoms with Crippen molar-refractivity contribution in [2.24, 2.45) is 0 Å². The van der Waals surface area contributed by atoms with Gasteiger partial charge in [0, 0.05) is 24.7 Å². The van der Waals surface area contributed by atoms with E-state index in [1.165, 1.54) is 12.1 Å². The van der Waals surface area contributed by atoms with Crippen LogP contribution in [-0.2, 0) is 16.0 Å². The number of hydrogen-bond donors (Lipinski definition) is 2. The second-order valence-electron chi connectivity index (χ2n) is 5.46. The SMILES string of the molecule is O=C(CCN1C(=O)Cc2cc(C(=O)O)ccc21)NC1CC1. The third-order valence-electron chi connectivity index (χ3n) is 3.76. The maximum Gasteiger partial charge on any atom is 0.335 e. The highest BCUT2D eigenvalue weighted by atomic mass is 16.4. The van der Waals surface area contributed by atoms with Crippen LogP contribution in [0.2, 0.25) is 0 Å². The summed E-state index contributed by atoms with van der Waals surface area (Å²) in [5.41, 5.74) is 1.60. The third-order valence-corrected chi connectivity index (χ3v) is 3.76. The molecule has 1 aliphatic heterocycles. The monoisotopic (exact) mass is 288 g/mol. The van der Waals surface area contributed by atoms with E-state index >= 15 is 0 Å². The molecule has 2 amide bonds. The number of carbonyl (C=O) groups is 3. The lowest BCUT2D eigenvalue weighted by atomic mass is 10.1. The molecule has 2 aliphatic rings. The minimum absolute atomic E-state index is 0.0408.